The maximum Gasteiger partial charge on any atom is 0.0765 e. The summed E-state index contributed by atoms with van der Waals surface area (Å²) < 4.78 is 0. The highest BCUT2D eigenvalue weighted by Gasteiger charge is 2.24. The molecule has 0 aromatic carbocycles. The SMILES string of the molecule is C1=C2C(CCNCC3CC3)=NN=C2CC(c2ccsc2)=C1. The Balaban J connectivity index is 1.38. The van der Waals surface area contributed by atoms with Crippen molar-refractivity contribution in [2.75, 3.05) is 13.1 Å². The quantitative estimate of drug-likeness (QED) is 0.799. The molecule has 0 bridgehead atoms. The van der Waals surface area contributed by atoms with Crippen molar-refractivity contribution in [1.82, 2.24) is 5.32 Å². The van der Waals surface area contributed by atoms with Crippen LogP contribution in [0.25, 0.3) is 5.57 Å². The van der Waals surface area contributed by atoms with Crippen molar-refractivity contribution < 1.29 is 0 Å². The minimum Gasteiger partial charge on any atom is -0.316 e. The van der Waals surface area contributed by atoms with Crippen LogP contribution in [0.3, 0.4) is 0 Å². The smallest absolute Gasteiger partial charge is 0.0765 e. The Morgan fingerprint density at radius 1 is 1.24 bits per heavy atom. The van der Waals surface area contributed by atoms with Crippen molar-refractivity contribution in [1.29, 1.82) is 0 Å². The van der Waals surface area contributed by atoms with Gasteiger partial charge in [-0.2, -0.15) is 21.5 Å². The second-order valence-corrected chi connectivity index (χ2v) is 6.73. The average Bonchev–Trinajstić information content (AvgIpc) is 3.03. The van der Waals surface area contributed by atoms with Crippen molar-refractivity contribution in [3.05, 3.63) is 40.1 Å². The third-order valence-corrected chi connectivity index (χ3v) is 4.97. The molecule has 3 nitrogen and oxygen atoms in total. The number of thiophene rings is 1. The van der Waals surface area contributed by atoms with Crippen LogP contribution in [0.1, 0.15) is 31.2 Å². The molecule has 3 aliphatic rings. The average molecular weight is 297 g/mol. The van der Waals surface area contributed by atoms with Crippen LogP contribution in [-0.2, 0) is 0 Å². The summed E-state index contributed by atoms with van der Waals surface area (Å²) in [5.74, 6) is 0.937. The molecule has 2 aliphatic carbocycles. The molecule has 0 unspecified atom stereocenters. The number of nitrogens with one attached hydrogen (secondary N) is 1. The number of nitrogens with zero attached hydrogens (tertiary/aromatic N) is 2. The number of hydrogen-bond donors (Lipinski definition) is 1. The molecule has 1 fully saturated rings. The zero-order valence-electron chi connectivity index (χ0n) is 12.0. The lowest BCUT2D eigenvalue weighted by Gasteiger charge is -2.13. The van der Waals surface area contributed by atoms with Gasteiger partial charge in [-0.3, -0.25) is 0 Å². The molecule has 21 heavy (non-hydrogen) atoms. The van der Waals surface area contributed by atoms with Crippen LogP contribution in [0.2, 0.25) is 0 Å². The highest BCUT2D eigenvalue weighted by atomic mass is 32.1. The van der Waals surface area contributed by atoms with Gasteiger partial charge < -0.3 is 5.32 Å². The standard InChI is InChI=1S/C17H19N3S/c1-2-12(1)10-18-7-5-16-15-4-3-13(9-17(15)20-19-16)14-6-8-21-11-14/h3-4,6,8,11-12,18H,1-2,5,7,9-10H2. The van der Waals surface area contributed by atoms with Gasteiger partial charge in [0.05, 0.1) is 11.4 Å². The van der Waals surface area contributed by atoms with Crippen LogP contribution >= 0.6 is 11.3 Å². The number of hydrogen-bond acceptors (Lipinski definition) is 4. The predicted octanol–water partition coefficient (Wildman–Crippen LogP) is 3.66. The Hall–Kier alpha value is -1.52. The van der Waals surface area contributed by atoms with Crippen molar-refractivity contribution in [3.63, 3.8) is 0 Å². The highest BCUT2D eigenvalue weighted by Crippen LogP contribution is 2.30. The van der Waals surface area contributed by atoms with E-state index in [9.17, 15) is 0 Å². The van der Waals surface area contributed by atoms with E-state index >= 15 is 0 Å². The molecule has 1 aromatic rings. The van der Waals surface area contributed by atoms with E-state index in [0.29, 0.717) is 0 Å². The summed E-state index contributed by atoms with van der Waals surface area (Å²) in [6.45, 7) is 2.18. The van der Waals surface area contributed by atoms with E-state index in [1.165, 1.54) is 36.1 Å². The molecule has 0 spiro atoms. The zero-order chi connectivity index (χ0) is 14.1. The normalized spacial score (nSPS) is 20.6. The molecule has 4 rings (SSSR count). The molecular formula is C17H19N3S. The fourth-order valence-corrected chi connectivity index (χ4v) is 3.49. The first-order valence-electron chi connectivity index (χ1n) is 7.68. The number of allylic oxidation sites excluding steroid dienone is 4. The van der Waals surface area contributed by atoms with Crippen molar-refractivity contribution in [2.24, 2.45) is 16.1 Å². The van der Waals surface area contributed by atoms with E-state index in [1.54, 1.807) is 11.3 Å². The van der Waals surface area contributed by atoms with E-state index in [1.807, 2.05) is 0 Å². The molecular weight excluding hydrogens is 278 g/mol. The van der Waals surface area contributed by atoms with Crippen LogP contribution in [-0.4, -0.2) is 24.5 Å². The lowest BCUT2D eigenvalue weighted by Crippen LogP contribution is -2.22. The molecule has 1 aromatic heterocycles. The molecule has 4 heteroatoms. The topological polar surface area (TPSA) is 36.8 Å². The minimum absolute atomic E-state index is 0.908. The van der Waals surface area contributed by atoms with Gasteiger partial charge in [0.25, 0.3) is 0 Å². The molecule has 1 aliphatic heterocycles. The number of fused-ring (bicyclic) bond motifs is 1. The lowest BCUT2D eigenvalue weighted by atomic mass is 9.90. The van der Waals surface area contributed by atoms with Gasteiger partial charge in [0, 0.05) is 25.0 Å². The predicted molar refractivity (Wildman–Crippen MR) is 90.1 cm³/mol. The van der Waals surface area contributed by atoms with Gasteiger partial charge in [0.2, 0.25) is 0 Å². The monoisotopic (exact) mass is 297 g/mol. The van der Waals surface area contributed by atoms with Crippen LogP contribution in [0.4, 0.5) is 0 Å². The minimum atomic E-state index is 0.908. The summed E-state index contributed by atoms with van der Waals surface area (Å²) >= 11 is 1.74. The van der Waals surface area contributed by atoms with Crippen LogP contribution in [0, 0.1) is 5.92 Å². The van der Waals surface area contributed by atoms with Gasteiger partial charge in [-0.15, -0.1) is 0 Å². The summed E-state index contributed by atoms with van der Waals surface area (Å²) in [4.78, 5) is 0. The fraction of sp³-hybridized carbons (Fsp3) is 0.412. The van der Waals surface area contributed by atoms with E-state index in [2.05, 4.69) is 44.5 Å². The van der Waals surface area contributed by atoms with E-state index < -0.39 is 0 Å². The van der Waals surface area contributed by atoms with Gasteiger partial charge in [0.1, 0.15) is 0 Å². The molecule has 108 valence electrons. The molecule has 0 radical (unpaired) electrons. The van der Waals surface area contributed by atoms with Gasteiger partial charge in [-0.25, -0.2) is 0 Å². The summed E-state index contributed by atoms with van der Waals surface area (Å²) in [6.07, 6.45) is 9.13. The summed E-state index contributed by atoms with van der Waals surface area (Å²) in [5, 5.41) is 16.6. The Labute approximate surface area is 129 Å². The third kappa shape index (κ3) is 2.92. The molecule has 0 saturated heterocycles. The first-order chi connectivity index (χ1) is 10.4. The Kier molecular flexibility index (Phi) is 3.57. The molecule has 1 saturated carbocycles. The van der Waals surface area contributed by atoms with Gasteiger partial charge in [-0.05, 0) is 53.3 Å². The van der Waals surface area contributed by atoms with E-state index in [-0.39, 0.29) is 0 Å². The Morgan fingerprint density at radius 2 is 2.19 bits per heavy atom. The van der Waals surface area contributed by atoms with E-state index in [0.717, 1.165) is 36.7 Å². The summed E-state index contributed by atoms with van der Waals surface area (Å²) in [6, 6.07) is 2.18. The Morgan fingerprint density at radius 3 is 3.00 bits per heavy atom. The maximum atomic E-state index is 4.40. The van der Waals surface area contributed by atoms with Gasteiger partial charge in [-0.1, -0.05) is 12.2 Å². The fourth-order valence-electron chi connectivity index (χ4n) is 2.81. The van der Waals surface area contributed by atoms with Gasteiger partial charge >= 0.3 is 0 Å². The molecule has 2 heterocycles. The van der Waals surface area contributed by atoms with Crippen molar-refractivity contribution >= 4 is 28.3 Å². The van der Waals surface area contributed by atoms with E-state index in [4.69, 9.17) is 0 Å². The summed E-state index contributed by atoms with van der Waals surface area (Å²) in [5.41, 5.74) is 6.20. The second-order valence-electron chi connectivity index (χ2n) is 5.95. The summed E-state index contributed by atoms with van der Waals surface area (Å²) in [7, 11) is 0. The first kappa shape index (κ1) is 13.2. The van der Waals surface area contributed by atoms with Crippen molar-refractivity contribution in [3.8, 4) is 0 Å². The van der Waals surface area contributed by atoms with Gasteiger partial charge in [0.15, 0.2) is 0 Å². The van der Waals surface area contributed by atoms with Crippen LogP contribution in [0.15, 0.2) is 44.8 Å². The molecule has 0 amide bonds. The second kappa shape index (κ2) is 5.70. The van der Waals surface area contributed by atoms with Crippen molar-refractivity contribution in [2.45, 2.75) is 25.7 Å². The lowest BCUT2D eigenvalue weighted by molar-refractivity contribution is 0.649. The largest absolute Gasteiger partial charge is 0.316 e. The first-order valence-corrected chi connectivity index (χ1v) is 8.63. The molecule has 0 atom stereocenters. The molecule has 1 N–H and O–H groups in total. The third-order valence-electron chi connectivity index (χ3n) is 4.28. The maximum absolute atomic E-state index is 4.40. The number of rotatable bonds is 6. The van der Waals surface area contributed by atoms with Crippen LogP contribution < -0.4 is 5.32 Å². The Bertz CT molecular complexity index is 646. The highest BCUT2D eigenvalue weighted by molar-refractivity contribution is 7.08. The van der Waals surface area contributed by atoms with Crippen LogP contribution in [0.5, 0.6) is 0 Å². The zero-order valence-corrected chi connectivity index (χ0v) is 12.8.